The molecule has 1 aliphatic heterocycles. The summed E-state index contributed by atoms with van der Waals surface area (Å²) in [7, 11) is -0.354. The Morgan fingerprint density at radius 2 is 0.403 bits per heavy atom. The number of fused-ring (bicyclic) bond motifs is 21. The fraction of sp³-hybridized carbons (Fsp3) is 0.0476. The highest BCUT2D eigenvalue weighted by Gasteiger charge is 2.52. The number of rotatable bonds is 9. The molecule has 7 heterocycles. The van der Waals surface area contributed by atoms with Crippen LogP contribution in [-0.2, 0) is 9.31 Å². The van der Waals surface area contributed by atoms with Crippen molar-refractivity contribution in [3.8, 4) is 90.0 Å². The summed E-state index contributed by atoms with van der Waals surface area (Å²) in [6.07, 6.45) is 0. The first-order valence-corrected chi connectivity index (χ1v) is 47.6. The minimum Gasteiger partial charge on any atom is -0.436 e. The van der Waals surface area contributed by atoms with Gasteiger partial charge in [0, 0.05) is 102 Å². The van der Waals surface area contributed by atoms with Gasteiger partial charge in [0.1, 0.15) is 16.6 Å². The van der Waals surface area contributed by atoms with Gasteiger partial charge in [-0.25, -0.2) is 29.9 Å². The lowest BCUT2D eigenvalue weighted by molar-refractivity contribution is 0.00578. The number of nitrogens with zero attached hydrogens (tertiary/aromatic N) is 6. The summed E-state index contributed by atoms with van der Waals surface area (Å²) >= 11 is 3.57. The highest BCUT2D eigenvalue weighted by Crippen LogP contribution is 2.47. The topological polar surface area (TPSA) is 135 Å². The molecule has 13 heteroatoms. The second-order valence-electron chi connectivity index (χ2n) is 36.5. The van der Waals surface area contributed by atoms with Crippen LogP contribution in [0.2, 0.25) is 0 Å². The average Bonchev–Trinajstić information content (AvgIpc) is 1.19. The first kappa shape index (κ1) is 83.9. The third-order valence-corrected chi connectivity index (χ3v) is 28.2. The van der Waals surface area contributed by atoms with E-state index >= 15 is 0 Å². The zero-order valence-electron chi connectivity index (χ0n) is 76.2. The number of pyridine rings is 3. The minimum atomic E-state index is -0.354. The van der Waals surface area contributed by atoms with Gasteiger partial charge in [-0.15, -0.1) is 0 Å². The fourth-order valence-electron chi connectivity index (χ4n) is 19.8. The van der Waals surface area contributed by atoms with Crippen molar-refractivity contribution in [1.29, 1.82) is 0 Å². The predicted molar refractivity (Wildman–Crippen MR) is 579 cm³/mol. The Morgan fingerprint density at radius 1 is 0.194 bits per heavy atom. The Hall–Kier alpha value is -16.9. The second-order valence-corrected chi connectivity index (χ2v) is 37.5. The number of oxazole rings is 3. The molecule has 28 rings (SSSR count). The average molecular weight is 1850 g/mol. The molecule has 0 N–H and O–H groups in total. The molecule has 6 aromatic heterocycles. The highest BCUT2D eigenvalue weighted by molar-refractivity contribution is 9.10. The summed E-state index contributed by atoms with van der Waals surface area (Å²) in [6, 6.07) is 152. The number of hydrogen-bond acceptors (Lipinski definition) is 11. The Morgan fingerprint density at radius 3 is 0.655 bits per heavy atom. The van der Waals surface area contributed by atoms with E-state index in [1.165, 1.54) is 109 Å². The molecule has 0 atom stereocenters. The lowest BCUT2D eigenvalue weighted by Crippen LogP contribution is -2.41. The zero-order valence-corrected chi connectivity index (χ0v) is 77.8. The molecule has 658 valence electrons. The van der Waals surface area contributed by atoms with Crippen LogP contribution < -0.4 is 5.46 Å². The van der Waals surface area contributed by atoms with Gasteiger partial charge in [-0.3, -0.25) is 0 Å². The van der Waals surface area contributed by atoms with Gasteiger partial charge in [0.25, 0.3) is 0 Å². The van der Waals surface area contributed by atoms with Crippen molar-refractivity contribution in [3.63, 3.8) is 0 Å². The van der Waals surface area contributed by atoms with E-state index in [2.05, 4.69) is 398 Å². The smallest absolute Gasteiger partial charge is 0.436 e. The Balaban J connectivity index is 0.000000101. The van der Waals surface area contributed by atoms with E-state index in [1.807, 2.05) is 97.1 Å². The summed E-state index contributed by atoms with van der Waals surface area (Å²) in [4.78, 5) is 29.7. The maximum absolute atomic E-state index is 6.08. The molecule has 0 radical (unpaired) electrons. The van der Waals surface area contributed by atoms with Crippen molar-refractivity contribution in [1.82, 2.24) is 29.9 Å². The van der Waals surface area contributed by atoms with Crippen molar-refractivity contribution in [3.05, 3.63) is 441 Å². The number of para-hydroxylation sites is 6. The second kappa shape index (κ2) is 34.5. The quantitative estimate of drug-likeness (QED) is 0.0776. The maximum atomic E-state index is 6.08. The number of aromatic nitrogens is 6. The molecule has 27 aromatic rings. The normalized spacial score (nSPS) is 13.0. The maximum Gasteiger partial charge on any atom is 0.494 e. The van der Waals surface area contributed by atoms with E-state index < -0.39 is 0 Å². The van der Waals surface area contributed by atoms with Crippen molar-refractivity contribution in [2.24, 2.45) is 0 Å². The Bertz CT molecular complexity index is 8790. The molecule has 0 amide bonds. The van der Waals surface area contributed by atoms with E-state index in [0.717, 1.165) is 137 Å². The van der Waals surface area contributed by atoms with Gasteiger partial charge in [-0.05, 0) is 189 Å². The van der Waals surface area contributed by atoms with Crippen LogP contribution in [0.3, 0.4) is 0 Å². The van der Waals surface area contributed by atoms with Gasteiger partial charge in [0.2, 0.25) is 17.7 Å². The molecule has 1 fully saturated rings. The number of benzene rings is 21. The summed E-state index contributed by atoms with van der Waals surface area (Å²) in [5, 5.41) is 21.3. The molecule has 11 nitrogen and oxygen atoms in total. The fourth-order valence-corrected chi connectivity index (χ4v) is 20.1. The van der Waals surface area contributed by atoms with Gasteiger partial charge in [-0.1, -0.05) is 368 Å². The van der Waals surface area contributed by atoms with Crippen LogP contribution in [0.25, 0.3) is 253 Å². The van der Waals surface area contributed by atoms with Crippen molar-refractivity contribution >= 4 is 192 Å². The first-order chi connectivity index (χ1) is 68.2. The van der Waals surface area contributed by atoms with E-state index in [-0.39, 0.29) is 18.3 Å². The van der Waals surface area contributed by atoms with Gasteiger partial charge in [0.15, 0.2) is 16.7 Å². The Labute approximate surface area is 808 Å². The highest BCUT2D eigenvalue weighted by atomic mass is 79.9. The molecule has 0 aliphatic carbocycles. The van der Waals surface area contributed by atoms with Crippen LogP contribution in [0.1, 0.15) is 27.7 Å². The van der Waals surface area contributed by atoms with Crippen LogP contribution in [0.4, 0.5) is 0 Å². The molecule has 1 aliphatic rings. The summed E-state index contributed by atoms with van der Waals surface area (Å²) in [5.41, 5.74) is 26.3. The van der Waals surface area contributed by atoms with Gasteiger partial charge < -0.3 is 22.6 Å². The first-order valence-electron chi connectivity index (χ1n) is 46.9. The van der Waals surface area contributed by atoms with Crippen molar-refractivity contribution in [2.45, 2.75) is 38.9 Å². The third kappa shape index (κ3) is 15.3. The molecule has 0 unspecified atom stereocenters. The number of hydrogen-bond donors (Lipinski definition) is 0. The van der Waals surface area contributed by atoms with Crippen molar-refractivity contribution < 1.29 is 22.6 Å². The Kier molecular flexibility index (Phi) is 20.8. The minimum absolute atomic E-state index is 0.337. The SMILES string of the molecule is Brc1ccc(-c2c3ccc4ccccc4c3nc3c2ccc2ccccc23)cc1.CC1(C)OB(c2ccc(-c3nc4ccccc4o3)cc2)OC1(C)C.c1ccc2c(c1)ccc1c(-c3ccc(-c4ccc(-c5nc6ccccc6o5)cc4)cc3)c3ccc4ccccc4c3nc12.c1ccc2c(c1)ccc1c(-c3ccc(-c4ccc(-c5nc6ccccc6o5)cc4)cc3)c3ccc4ccccc4c3nc12. The van der Waals surface area contributed by atoms with Crippen LogP contribution in [-0.4, -0.2) is 48.2 Å². The molecule has 1 saturated heterocycles. The number of halogens is 1. The molecule has 0 saturated carbocycles. The van der Waals surface area contributed by atoms with E-state index in [0.29, 0.717) is 17.7 Å². The lowest BCUT2D eigenvalue weighted by Gasteiger charge is -2.32. The van der Waals surface area contributed by atoms with E-state index in [4.69, 9.17) is 37.5 Å². The largest absolute Gasteiger partial charge is 0.494 e. The van der Waals surface area contributed by atoms with E-state index in [1.54, 1.807) is 0 Å². The molecular weight excluding hydrogens is 1770 g/mol. The van der Waals surface area contributed by atoms with Gasteiger partial charge in [0.05, 0.1) is 44.3 Å². The third-order valence-electron chi connectivity index (χ3n) is 27.7. The molecule has 0 spiro atoms. The van der Waals surface area contributed by atoms with Crippen LogP contribution in [0.15, 0.2) is 455 Å². The van der Waals surface area contributed by atoms with Crippen LogP contribution in [0, 0.1) is 0 Å². The lowest BCUT2D eigenvalue weighted by atomic mass is 9.79. The standard InChI is InChI=1S/2C40H24N2O.C27H16BrN.C19H20BNO3/c2*1-3-9-31-27(7-1)21-23-33-37(34-24-22-28-8-2-4-10-32(28)39(34)42-38(31)33)29-17-13-25(14-18-29)26-15-19-30(20-16-26)40-41-35-11-5-6-12-36(35)43-40;28-20-13-9-19(10-14-20)25-23-15-11-17-5-1-3-7-21(17)26(23)29-27-22-8-4-2-6-18(22)12-16-24(25)27;1-18(2)19(3,4)24-20(23-18)14-11-9-13(10-12-14)17-21-15-7-5-6-8-16(15)22-17/h2*1-24H;1-16H;5-12H,1-4H3. The molecular formula is C126H84BBrN6O5. The van der Waals surface area contributed by atoms with Gasteiger partial charge >= 0.3 is 7.12 Å². The summed E-state index contributed by atoms with van der Waals surface area (Å²) in [5.74, 6) is 1.90. The molecule has 21 aromatic carbocycles. The van der Waals surface area contributed by atoms with E-state index in [9.17, 15) is 0 Å². The monoisotopic (exact) mass is 1850 g/mol. The molecule has 139 heavy (non-hydrogen) atoms. The van der Waals surface area contributed by atoms with Crippen molar-refractivity contribution in [2.75, 3.05) is 0 Å². The molecule has 0 bridgehead atoms. The van der Waals surface area contributed by atoms with Crippen LogP contribution >= 0.6 is 15.9 Å². The predicted octanol–water partition coefficient (Wildman–Crippen LogP) is 33.6. The summed E-state index contributed by atoms with van der Waals surface area (Å²) < 4.78 is 31.0. The zero-order chi connectivity index (χ0) is 93.0. The summed E-state index contributed by atoms with van der Waals surface area (Å²) in [6.45, 7) is 8.22. The van der Waals surface area contributed by atoms with Crippen LogP contribution in [0.5, 0.6) is 0 Å². The van der Waals surface area contributed by atoms with Gasteiger partial charge in [-0.2, -0.15) is 0 Å².